The zero-order valence-electron chi connectivity index (χ0n) is 9.54. The number of hydrogen-bond acceptors (Lipinski definition) is 3. The molecular formula is C14H14O3. The minimum atomic E-state index is -1.55. The van der Waals surface area contributed by atoms with E-state index >= 15 is 0 Å². The van der Waals surface area contributed by atoms with Crippen LogP contribution in [0.2, 0.25) is 0 Å². The lowest BCUT2D eigenvalue weighted by molar-refractivity contribution is -0.162. The lowest BCUT2D eigenvalue weighted by atomic mass is 9.86. The zero-order chi connectivity index (χ0) is 12.3. The molecule has 1 aromatic rings. The van der Waals surface area contributed by atoms with Gasteiger partial charge < -0.3 is 9.84 Å². The van der Waals surface area contributed by atoms with Crippen LogP contribution >= 0.6 is 0 Å². The maximum Gasteiger partial charge on any atom is 0.199 e. The Hall–Kier alpha value is -1.71. The van der Waals surface area contributed by atoms with Crippen molar-refractivity contribution in [2.45, 2.75) is 5.79 Å². The Bertz CT molecular complexity index is 462. The van der Waals surface area contributed by atoms with Gasteiger partial charge in [-0.05, 0) is 6.08 Å². The van der Waals surface area contributed by atoms with E-state index in [4.69, 9.17) is 4.74 Å². The highest BCUT2D eigenvalue weighted by molar-refractivity contribution is 5.99. The molecule has 2 atom stereocenters. The molecular weight excluding hydrogens is 216 g/mol. The summed E-state index contributed by atoms with van der Waals surface area (Å²) in [6.07, 6.45) is 6.54. The maximum atomic E-state index is 12.2. The van der Waals surface area contributed by atoms with Crippen LogP contribution in [0.3, 0.4) is 0 Å². The molecule has 2 unspecified atom stereocenters. The van der Waals surface area contributed by atoms with Gasteiger partial charge in [0.1, 0.15) is 0 Å². The zero-order valence-corrected chi connectivity index (χ0v) is 9.54. The Morgan fingerprint density at radius 1 is 1.29 bits per heavy atom. The fraction of sp³-hybridized carbons (Fsp3) is 0.214. The van der Waals surface area contributed by atoms with Crippen LogP contribution < -0.4 is 0 Å². The fourth-order valence-electron chi connectivity index (χ4n) is 1.86. The van der Waals surface area contributed by atoms with Gasteiger partial charge in [0.05, 0.1) is 5.92 Å². The first-order valence-corrected chi connectivity index (χ1v) is 5.40. The van der Waals surface area contributed by atoms with E-state index in [1.54, 1.807) is 42.5 Å². The quantitative estimate of drug-likeness (QED) is 0.637. The standard InChI is InChI=1S/C14H14O3/c1-17-14(16)10-6-5-9-12(14)13(15)11-7-3-2-4-8-11/h2-10,12,16H,1H3. The molecule has 1 aromatic carbocycles. The van der Waals surface area contributed by atoms with Crippen molar-refractivity contribution in [3.8, 4) is 0 Å². The van der Waals surface area contributed by atoms with Gasteiger partial charge in [0.15, 0.2) is 11.6 Å². The molecule has 0 aliphatic heterocycles. The van der Waals surface area contributed by atoms with E-state index in [0.717, 1.165) is 0 Å². The molecule has 1 aliphatic carbocycles. The number of methoxy groups -OCH3 is 1. The molecule has 1 aliphatic rings. The molecule has 0 saturated heterocycles. The maximum absolute atomic E-state index is 12.2. The van der Waals surface area contributed by atoms with Crippen LogP contribution in [0.25, 0.3) is 0 Å². The van der Waals surface area contributed by atoms with Crippen molar-refractivity contribution in [2.75, 3.05) is 7.11 Å². The summed E-state index contributed by atoms with van der Waals surface area (Å²) in [6, 6.07) is 8.88. The monoisotopic (exact) mass is 230 g/mol. The molecule has 17 heavy (non-hydrogen) atoms. The number of ketones is 1. The Balaban J connectivity index is 2.31. The van der Waals surface area contributed by atoms with Gasteiger partial charge in [-0.3, -0.25) is 4.79 Å². The van der Waals surface area contributed by atoms with Crippen LogP contribution in [0.5, 0.6) is 0 Å². The van der Waals surface area contributed by atoms with Crippen LogP contribution in [0.1, 0.15) is 10.4 Å². The second kappa shape index (κ2) is 4.65. The molecule has 2 rings (SSSR count). The lowest BCUT2D eigenvalue weighted by Crippen LogP contribution is -2.42. The van der Waals surface area contributed by atoms with E-state index in [9.17, 15) is 9.90 Å². The number of Topliss-reactive ketones (excluding diaryl/α,β-unsaturated/α-hetero) is 1. The third-order valence-corrected chi connectivity index (χ3v) is 2.86. The summed E-state index contributed by atoms with van der Waals surface area (Å²) in [5, 5.41) is 10.2. The van der Waals surface area contributed by atoms with E-state index in [1.807, 2.05) is 6.07 Å². The van der Waals surface area contributed by atoms with Crippen molar-refractivity contribution >= 4 is 5.78 Å². The number of rotatable bonds is 3. The third kappa shape index (κ3) is 2.20. The first kappa shape index (κ1) is 11.8. The van der Waals surface area contributed by atoms with Crippen LogP contribution in [0, 0.1) is 5.92 Å². The van der Waals surface area contributed by atoms with Crippen LogP contribution in [0.15, 0.2) is 54.6 Å². The predicted octanol–water partition coefficient (Wildman–Crippen LogP) is 1.95. The molecule has 0 bridgehead atoms. The van der Waals surface area contributed by atoms with E-state index in [2.05, 4.69) is 0 Å². The van der Waals surface area contributed by atoms with Crippen LogP contribution in [-0.2, 0) is 4.74 Å². The van der Waals surface area contributed by atoms with Gasteiger partial charge in [-0.1, -0.05) is 48.6 Å². The summed E-state index contributed by atoms with van der Waals surface area (Å²) in [4.78, 5) is 12.2. The summed E-state index contributed by atoms with van der Waals surface area (Å²) in [5.74, 6) is -2.42. The van der Waals surface area contributed by atoms with Crippen LogP contribution in [-0.4, -0.2) is 23.8 Å². The summed E-state index contributed by atoms with van der Waals surface area (Å²) < 4.78 is 5.03. The van der Waals surface area contributed by atoms with E-state index in [0.29, 0.717) is 5.56 Å². The first-order chi connectivity index (χ1) is 8.17. The summed E-state index contributed by atoms with van der Waals surface area (Å²) in [5.41, 5.74) is 0.563. The highest BCUT2D eigenvalue weighted by Gasteiger charge is 2.39. The average molecular weight is 230 g/mol. The minimum absolute atomic E-state index is 0.157. The normalized spacial score (nSPS) is 27.1. The highest BCUT2D eigenvalue weighted by atomic mass is 16.6. The Labute approximate surface area is 100 Å². The number of aliphatic hydroxyl groups is 1. The summed E-state index contributed by atoms with van der Waals surface area (Å²) in [6.45, 7) is 0. The van der Waals surface area contributed by atoms with E-state index < -0.39 is 11.7 Å². The summed E-state index contributed by atoms with van der Waals surface area (Å²) in [7, 11) is 1.38. The number of carbonyl (C=O) groups is 1. The van der Waals surface area contributed by atoms with Gasteiger partial charge in [0, 0.05) is 12.7 Å². The largest absolute Gasteiger partial charge is 0.361 e. The first-order valence-electron chi connectivity index (χ1n) is 5.40. The molecule has 0 heterocycles. The molecule has 1 N–H and O–H groups in total. The van der Waals surface area contributed by atoms with Crippen LogP contribution in [0.4, 0.5) is 0 Å². The Morgan fingerprint density at radius 2 is 2.00 bits per heavy atom. The predicted molar refractivity (Wildman–Crippen MR) is 64.5 cm³/mol. The van der Waals surface area contributed by atoms with Crippen molar-refractivity contribution in [2.24, 2.45) is 5.92 Å². The third-order valence-electron chi connectivity index (χ3n) is 2.86. The SMILES string of the molecule is COC1(O)C=CC=CC1C(=O)c1ccccc1. The smallest absolute Gasteiger partial charge is 0.199 e. The molecule has 0 aromatic heterocycles. The van der Waals surface area contributed by atoms with E-state index in [-0.39, 0.29) is 5.78 Å². The number of ether oxygens (including phenoxy) is 1. The molecule has 0 spiro atoms. The van der Waals surface area contributed by atoms with Crippen molar-refractivity contribution < 1.29 is 14.6 Å². The molecule has 0 amide bonds. The van der Waals surface area contributed by atoms with Gasteiger partial charge in [0.25, 0.3) is 0 Å². The van der Waals surface area contributed by atoms with Gasteiger partial charge in [0.2, 0.25) is 0 Å². The number of allylic oxidation sites excluding steroid dienone is 2. The molecule has 3 nitrogen and oxygen atoms in total. The lowest BCUT2D eigenvalue weighted by Gasteiger charge is -2.31. The highest BCUT2D eigenvalue weighted by Crippen LogP contribution is 2.28. The van der Waals surface area contributed by atoms with E-state index in [1.165, 1.54) is 13.2 Å². The number of hydrogen-bond donors (Lipinski definition) is 1. The van der Waals surface area contributed by atoms with Gasteiger partial charge >= 0.3 is 0 Å². The molecule has 88 valence electrons. The molecule has 0 radical (unpaired) electrons. The van der Waals surface area contributed by atoms with Crippen molar-refractivity contribution in [3.63, 3.8) is 0 Å². The second-order valence-electron chi connectivity index (χ2n) is 3.91. The topological polar surface area (TPSA) is 46.5 Å². The minimum Gasteiger partial charge on any atom is -0.361 e. The number of benzene rings is 1. The van der Waals surface area contributed by atoms with Gasteiger partial charge in [-0.15, -0.1) is 0 Å². The van der Waals surface area contributed by atoms with Crippen molar-refractivity contribution in [3.05, 3.63) is 60.2 Å². The van der Waals surface area contributed by atoms with Crippen molar-refractivity contribution in [1.82, 2.24) is 0 Å². The molecule has 3 heteroatoms. The Kier molecular flexibility index (Phi) is 3.22. The fourth-order valence-corrected chi connectivity index (χ4v) is 1.86. The second-order valence-corrected chi connectivity index (χ2v) is 3.91. The van der Waals surface area contributed by atoms with Gasteiger partial charge in [-0.2, -0.15) is 0 Å². The van der Waals surface area contributed by atoms with Gasteiger partial charge in [-0.25, -0.2) is 0 Å². The molecule has 0 fully saturated rings. The number of carbonyl (C=O) groups excluding carboxylic acids is 1. The summed E-state index contributed by atoms with van der Waals surface area (Å²) >= 11 is 0. The Morgan fingerprint density at radius 3 is 2.65 bits per heavy atom. The average Bonchev–Trinajstić information content (AvgIpc) is 2.39. The molecule has 0 saturated carbocycles. The van der Waals surface area contributed by atoms with Crippen molar-refractivity contribution in [1.29, 1.82) is 0 Å².